The van der Waals surface area contributed by atoms with Crippen LogP contribution in [0.2, 0.25) is 0 Å². The number of thioether (sulfide) groups is 1. The van der Waals surface area contributed by atoms with Gasteiger partial charge in [0.15, 0.2) is 10.8 Å². The largest absolute Gasteiger partial charge is 0.378 e. The smallest absolute Gasteiger partial charge is 0.234 e. The Morgan fingerprint density at radius 3 is 2.96 bits per heavy atom. The van der Waals surface area contributed by atoms with Gasteiger partial charge in [-0.25, -0.2) is 14.4 Å². The van der Waals surface area contributed by atoms with Crippen LogP contribution in [-0.4, -0.2) is 52.9 Å². The first kappa shape index (κ1) is 19.5. The zero-order valence-electron chi connectivity index (χ0n) is 14.5. The van der Waals surface area contributed by atoms with Crippen LogP contribution in [0.4, 0.5) is 15.2 Å². The average molecular weight is 484 g/mol. The second kappa shape index (κ2) is 8.68. The topological polar surface area (TPSA) is 80.2 Å². The maximum Gasteiger partial charge on any atom is 0.234 e. The van der Waals surface area contributed by atoms with Gasteiger partial charge in [-0.15, -0.1) is 0 Å². The summed E-state index contributed by atoms with van der Waals surface area (Å²) < 4.78 is 20.7. The highest BCUT2D eigenvalue weighted by Crippen LogP contribution is 2.34. The van der Waals surface area contributed by atoms with Crippen LogP contribution in [0.1, 0.15) is 0 Å². The number of ether oxygens (including phenoxy) is 1. The van der Waals surface area contributed by atoms with Crippen molar-refractivity contribution in [3.8, 4) is 0 Å². The molecule has 0 radical (unpaired) electrons. The summed E-state index contributed by atoms with van der Waals surface area (Å²) in [5, 5.41) is 4.14. The van der Waals surface area contributed by atoms with Crippen LogP contribution in [0.5, 0.6) is 0 Å². The third-order valence-corrected chi connectivity index (χ3v) is 6.70. The predicted octanol–water partition coefficient (Wildman–Crippen LogP) is 3.56. The Hall–Kier alpha value is -1.82. The van der Waals surface area contributed by atoms with Crippen molar-refractivity contribution in [2.75, 3.05) is 42.3 Å². The lowest BCUT2D eigenvalue weighted by atomic mass is 10.3. The van der Waals surface area contributed by atoms with Gasteiger partial charge in [-0.05, 0) is 18.2 Å². The van der Waals surface area contributed by atoms with Gasteiger partial charge in [0.25, 0.3) is 0 Å². The summed E-state index contributed by atoms with van der Waals surface area (Å²) in [6.45, 7) is 2.93. The number of nitrogens with zero attached hydrogens (tertiary/aromatic N) is 4. The van der Waals surface area contributed by atoms with Gasteiger partial charge in [-0.2, -0.15) is 4.98 Å². The van der Waals surface area contributed by atoms with Gasteiger partial charge in [-0.3, -0.25) is 4.79 Å². The number of hydrogen-bond donors (Lipinski definition) is 1. The third-order valence-electron chi connectivity index (χ3n) is 3.97. The molecule has 3 aromatic rings. The van der Waals surface area contributed by atoms with Gasteiger partial charge in [-0.1, -0.05) is 39.0 Å². The lowest BCUT2D eigenvalue weighted by Crippen LogP contribution is -2.36. The molecule has 0 unspecified atom stereocenters. The highest BCUT2D eigenvalue weighted by molar-refractivity contribution is 9.10. The molecule has 0 saturated carbocycles. The molecular formula is C17H15BrFN5O2S2. The molecule has 1 saturated heterocycles. The van der Waals surface area contributed by atoms with Crippen molar-refractivity contribution in [2.45, 2.75) is 5.03 Å². The van der Waals surface area contributed by atoms with E-state index in [0.717, 1.165) is 22.9 Å². The van der Waals surface area contributed by atoms with E-state index >= 15 is 0 Å². The Morgan fingerprint density at radius 2 is 2.18 bits per heavy atom. The van der Waals surface area contributed by atoms with E-state index in [1.807, 2.05) is 0 Å². The second-order valence-corrected chi connectivity index (χ2v) is 8.75. The van der Waals surface area contributed by atoms with Crippen LogP contribution in [0, 0.1) is 5.82 Å². The SMILES string of the molecule is O=C(CSc1ncnc2nc(N3CCOCC3)sc12)Nc1ccc(Br)cc1F. The van der Waals surface area contributed by atoms with Gasteiger partial charge in [0.05, 0.1) is 24.7 Å². The zero-order chi connectivity index (χ0) is 19.5. The van der Waals surface area contributed by atoms with Crippen molar-refractivity contribution >= 4 is 66.1 Å². The summed E-state index contributed by atoms with van der Waals surface area (Å²) >= 11 is 5.98. The first-order valence-electron chi connectivity index (χ1n) is 8.42. The summed E-state index contributed by atoms with van der Waals surface area (Å²) in [5.41, 5.74) is 0.761. The van der Waals surface area contributed by atoms with Crippen molar-refractivity contribution in [3.05, 3.63) is 34.8 Å². The summed E-state index contributed by atoms with van der Waals surface area (Å²) in [7, 11) is 0. The van der Waals surface area contributed by atoms with E-state index in [0.29, 0.717) is 28.4 Å². The number of fused-ring (bicyclic) bond motifs is 1. The number of rotatable bonds is 5. The molecule has 7 nitrogen and oxygen atoms in total. The van der Waals surface area contributed by atoms with Crippen LogP contribution in [0.3, 0.4) is 0 Å². The molecule has 1 amide bonds. The first-order valence-corrected chi connectivity index (χ1v) is 11.0. The summed E-state index contributed by atoms with van der Waals surface area (Å²) in [4.78, 5) is 27.5. The minimum absolute atomic E-state index is 0.104. The van der Waals surface area contributed by atoms with Crippen LogP contribution in [0.15, 0.2) is 34.0 Å². The fourth-order valence-electron chi connectivity index (χ4n) is 2.63. The monoisotopic (exact) mass is 483 g/mol. The van der Waals surface area contributed by atoms with Gasteiger partial charge in [0, 0.05) is 17.6 Å². The van der Waals surface area contributed by atoms with Crippen LogP contribution in [-0.2, 0) is 9.53 Å². The fraction of sp³-hybridized carbons (Fsp3) is 0.294. The molecule has 28 heavy (non-hydrogen) atoms. The lowest BCUT2D eigenvalue weighted by molar-refractivity contribution is -0.113. The lowest BCUT2D eigenvalue weighted by Gasteiger charge is -2.25. The minimum Gasteiger partial charge on any atom is -0.378 e. The van der Waals surface area contributed by atoms with E-state index in [4.69, 9.17) is 4.74 Å². The van der Waals surface area contributed by atoms with Gasteiger partial charge >= 0.3 is 0 Å². The molecule has 2 aromatic heterocycles. The van der Waals surface area contributed by atoms with Crippen molar-refractivity contribution < 1.29 is 13.9 Å². The minimum atomic E-state index is -0.491. The number of carbonyl (C=O) groups is 1. The Kier molecular flexibility index (Phi) is 6.04. The van der Waals surface area contributed by atoms with Gasteiger partial charge < -0.3 is 15.0 Å². The first-order chi connectivity index (χ1) is 13.6. The van der Waals surface area contributed by atoms with Crippen molar-refractivity contribution in [2.24, 2.45) is 0 Å². The number of amides is 1. The molecule has 3 heterocycles. The normalized spacial score (nSPS) is 14.4. The van der Waals surface area contributed by atoms with Crippen LogP contribution < -0.4 is 10.2 Å². The molecular weight excluding hydrogens is 469 g/mol. The predicted molar refractivity (Wildman–Crippen MR) is 112 cm³/mol. The fourth-order valence-corrected chi connectivity index (χ4v) is 4.90. The Bertz CT molecular complexity index is 1010. The molecule has 1 N–H and O–H groups in total. The maximum absolute atomic E-state index is 13.9. The number of aromatic nitrogens is 3. The molecule has 1 aliphatic heterocycles. The van der Waals surface area contributed by atoms with Gasteiger partial charge in [0.2, 0.25) is 5.91 Å². The van der Waals surface area contributed by atoms with Crippen molar-refractivity contribution in [1.29, 1.82) is 0 Å². The van der Waals surface area contributed by atoms with Crippen molar-refractivity contribution in [3.63, 3.8) is 0 Å². The average Bonchev–Trinajstić information content (AvgIpc) is 3.14. The Balaban J connectivity index is 1.45. The molecule has 1 aromatic carbocycles. The Labute approximate surface area is 176 Å². The summed E-state index contributed by atoms with van der Waals surface area (Å²) in [5.74, 6) is -0.697. The molecule has 0 spiro atoms. The van der Waals surface area contributed by atoms with E-state index in [1.165, 1.54) is 41.6 Å². The number of halogens is 2. The number of anilines is 2. The standard InChI is InChI=1S/C17H15BrFN5O2S2/c18-10-1-2-12(11(19)7-10)22-13(25)8-27-16-14-15(20-9-21-16)23-17(28-14)24-3-5-26-6-4-24/h1-2,7,9H,3-6,8H2,(H,22,25). The summed E-state index contributed by atoms with van der Waals surface area (Å²) in [6.07, 6.45) is 1.44. The number of morpholine rings is 1. The molecule has 146 valence electrons. The molecule has 0 atom stereocenters. The highest BCUT2D eigenvalue weighted by Gasteiger charge is 2.18. The van der Waals surface area contributed by atoms with E-state index in [1.54, 1.807) is 6.07 Å². The van der Waals surface area contributed by atoms with Crippen LogP contribution in [0.25, 0.3) is 10.3 Å². The maximum atomic E-state index is 13.9. The Morgan fingerprint density at radius 1 is 1.36 bits per heavy atom. The van der Waals surface area contributed by atoms with E-state index in [-0.39, 0.29) is 17.3 Å². The summed E-state index contributed by atoms with van der Waals surface area (Å²) in [6, 6.07) is 4.49. The second-order valence-electron chi connectivity index (χ2n) is 5.89. The molecule has 11 heteroatoms. The number of carbonyl (C=O) groups excluding carboxylic acids is 1. The number of benzene rings is 1. The number of hydrogen-bond acceptors (Lipinski definition) is 8. The van der Waals surface area contributed by atoms with E-state index < -0.39 is 5.82 Å². The number of thiazole rings is 1. The van der Waals surface area contributed by atoms with Crippen LogP contribution >= 0.6 is 39.0 Å². The zero-order valence-corrected chi connectivity index (χ0v) is 17.7. The molecule has 1 aliphatic rings. The molecule has 0 bridgehead atoms. The van der Waals surface area contributed by atoms with E-state index in [2.05, 4.69) is 41.1 Å². The highest BCUT2D eigenvalue weighted by atomic mass is 79.9. The molecule has 0 aliphatic carbocycles. The van der Waals surface area contributed by atoms with Gasteiger partial charge in [0.1, 0.15) is 21.9 Å². The molecule has 1 fully saturated rings. The quantitative estimate of drug-likeness (QED) is 0.438. The number of nitrogens with one attached hydrogen (secondary N) is 1. The third kappa shape index (κ3) is 4.43. The van der Waals surface area contributed by atoms with E-state index in [9.17, 15) is 9.18 Å². The van der Waals surface area contributed by atoms with Crippen molar-refractivity contribution in [1.82, 2.24) is 15.0 Å². The molecule has 4 rings (SSSR count).